The Morgan fingerprint density at radius 3 is 2.67 bits per heavy atom. The summed E-state index contributed by atoms with van der Waals surface area (Å²) < 4.78 is 6.52. The average molecular weight is 342 g/mol. The molecule has 0 fully saturated rings. The zero-order valence-electron chi connectivity index (χ0n) is 11.0. The molecule has 0 unspecified atom stereocenters. The highest BCUT2D eigenvalue weighted by Crippen LogP contribution is 2.28. The molecule has 0 spiro atoms. The van der Waals surface area contributed by atoms with E-state index in [-0.39, 0.29) is 5.84 Å². The lowest BCUT2D eigenvalue weighted by atomic mass is 10.2. The van der Waals surface area contributed by atoms with Gasteiger partial charge < -0.3 is 10.5 Å². The first-order chi connectivity index (χ1) is 10.1. The van der Waals surface area contributed by atoms with Crippen LogP contribution in [0.5, 0.6) is 11.5 Å². The van der Waals surface area contributed by atoms with E-state index >= 15 is 0 Å². The number of rotatable bonds is 3. The van der Waals surface area contributed by atoms with Crippen molar-refractivity contribution in [3.63, 3.8) is 0 Å². The van der Waals surface area contributed by atoms with Crippen LogP contribution in [0.2, 0.25) is 0 Å². The molecule has 1 aromatic heterocycles. The fourth-order valence-electron chi connectivity index (χ4n) is 2.02. The highest BCUT2D eigenvalue weighted by molar-refractivity contribution is 9.10. The summed E-state index contributed by atoms with van der Waals surface area (Å²) in [6.45, 7) is 0. The highest BCUT2D eigenvalue weighted by atomic mass is 79.9. The van der Waals surface area contributed by atoms with Crippen molar-refractivity contribution in [1.82, 2.24) is 4.98 Å². The molecule has 104 valence electrons. The van der Waals surface area contributed by atoms with Crippen LogP contribution in [0, 0.1) is 5.41 Å². The van der Waals surface area contributed by atoms with E-state index in [1.54, 1.807) is 24.4 Å². The van der Waals surface area contributed by atoms with Gasteiger partial charge in [0.1, 0.15) is 17.3 Å². The quantitative estimate of drug-likeness (QED) is 0.557. The lowest BCUT2D eigenvalue weighted by molar-refractivity contribution is 0.481. The third-order valence-electron chi connectivity index (χ3n) is 3.03. The number of pyridine rings is 1. The van der Waals surface area contributed by atoms with Crippen LogP contribution < -0.4 is 10.5 Å². The Labute approximate surface area is 130 Å². The van der Waals surface area contributed by atoms with E-state index in [2.05, 4.69) is 20.9 Å². The van der Waals surface area contributed by atoms with Crippen LogP contribution in [0.15, 0.2) is 59.2 Å². The zero-order chi connectivity index (χ0) is 14.8. The summed E-state index contributed by atoms with van der Waals surface area (Å²) in [6, 6.07) is 15.1. The Morgan fingerprint density at radius 1 is 1.10 bits per heavy atom. The number of nitrogen functional groups attached to an aromatic ring is 1. The van der Waals surface area contributed by atoms with Crippen LogP contribution in [0.3, 0.4) is 0 Å². The number of hydrogen-bond acceptors (Lipinski definition) is 3. The second kappa shape index (κ2) is 5.54. The lowest BCUT2D eigenvalue weighted by Gasteiger charge is -2.08. The molecule has 0 aliphatic rings. The molecule has 3 aromatic rings. The molecule has 21 heavy (non-hydrogen) atoms. The second-order valence-electron chi connectivity index (χ2n) is 4.52. The van der Waals surface area contributed by atoms with E-state index in [4.69, 9.17) is 15.9 Å². The van der Waals surface area contributed by atoms with Crippen molar-refractivity contribution in [3.05, 3.63) is 64.8 Å². The lowest BCUT2D eigenvalue weighted by Crippen LogP contribution is -2.11. The van der Waals surface area contributed by atoms with Crippen molar-refractivity contribution < 1.29 is 4.74 Å². The van der Waals surface area contributed by atoms with Crippen LogP contribution in [0.4, 0.5) is 0 Å². The van der Waals surface area contributed by atoms with Crippen LogP contribution in [0.25, 0.3) is 10.9 Å². The molecule has 3 N–H and O–H groups in total. The summed E-state index contributed by atoms with van der Waals surface area (Å²) in [6.07, 6.45) is 1.69. The van der Waals surface area contributed by atoms with Crippen molar-refractivity contribution in [2.75, 3.05) is 0 Å². The number of benzene rings is 2. The van der Waals surface area contributed by atoms with Gasteiger partial charge in [-0.1, -0.05) is 18.2 Å². The Morgan fingerprint density at radius 2 is 1.90 bits per heavy atom. The molecule has 0 saturated heterocycles. The molecule has 0 amide bonds. The number of nitrogens with zero attached hydrogens (tertiary/aromatic N) is 1. The first-order valence-corrected chi connectivity index (χ1v) is 7.09. The fraction of sp³-hybridized carbons (Fsp3) is 0. The largest absolute Gasteiger partial charge is 0.456 e. The summed E-state index contributed by atoms with van der Waals surface area (Å²) in [5.41, 5.74) is 7.05. The Balaban J connectivity index is 1.91. The van der Waals surface area contributed by atoms with E-state index in [0.29, 0.717) is 17.1 Å². The number of nitrogens with two attached hydrogens (primary N) is 1. The minimum atomic E-state index is 0.0146. The maximum Gasteiger partial charge on any atom is 0.146 e. The minimum Gasteiger partial charge on any atom is -0.456 e. The van der Waals surface area contributed by atoms with E-state index in [1.807, 2.05) is 30.3 Å². The maximum atomic E-state index is 7.46. The third-order valence-corrected chi connectivity index (χ3v) is 3.69. The van der Waals surface area contributed by atoms with Gasteiger partial charge in [0.05, 0.1) is 11.7 Å². The van der Waals surface area contributed by atoms with E-state index in [9.17, 15) is 0 Å². The summed E-state index contributed by atoms with van der Waals surface area (Å²) >= 11 is 3.38. The summed E-state index contributed by atoms with van der Waals surface area (Å²) in [5, 5.41) is 8.48. The van der Waals surface area contributed by atoms with Gasteiger partial charge in [0.2, 0.25) is 0 Å². The first kappa shape index (κ1) is 13.6. The standard InChI is InChI=1S/C16H12BrN3O/c17-14-8-11(5-6-13(14)16(18)19)21-12-7-10-3-1-2-4-15(10)20-9-12/h1-9H,(H3,18,19). The number of ether oxygens (including phenoxy) is 1. The summed E-state index contributed by atoms with van der Waals surface area (Å²) in [7, 11) is 0. The van der Waals surface area contributed by atoms with Gasteiger partial charge in [0.25, 0.3) is 0 Å². The van der Waals surface area contributed by atoms with Crippen molar-refractivity contribution in [3.8, 4) is 11.5 Å². The number of para-hydroxylation sites is 1. The maximum absolute atomic E-state index is 7.46. The fourth-order valence-corrected chi connectivity index (χ4v) is 2.59. The van der Waals surface area contributed by atoms with Crippen molar-refractivity contribution in [2.24, 2.45) is 5.73 Å². The number of nitrogens with one attached hydrogen (secondary N) is 1. The smallest absolute Gasteiger partial charge is 0.146 e. The van der Waals surface area contributed by atoms with Gasteiger partial charge in [-0.3, -0.25) is 10.4 Å². The molecular weight excluding hydrogens is 330 g/mol. The van der Waals surface area contributed by atoms with Crippen LogP contribution >= 0.6 is 15.9 Å². The van der Waals surface area contributed by atoms with E-state index in [0.717, 1.165) is 15.4 Å². The second-order valence-corrected chi connectivity index (χ2v) is 5.38. The summed E-state index contributed by atoms with van der Waals surface area (Å²) in [4.78, 5) is 4.35. The topological polar surface area (TPSA) is 72.0 Å². The van der Waals surface area contributed by atoms with Crippen molar-refractivity contribution in [1.29, 1.82) is 5.41 Å². The summed E-state index contributed by atoms with van der Waals surface area (Å²) in [5.74, 6) is 1.33. The molecular formula is C16H12BrN3O. The Bertz CT molecular complexity index is 833. The Kier molecular flexibility index (Phi) is 3.58. The van der Waals surface area contributed by atoms with Gasteiger partial charge in [-0.2, -0.15) is 0 Å². The molecule has 0 saturated carbocycles. The predicted octanol–water partition coefficient (Wildman–Crippen LogP) is 4.07. The van der Waals surface area contributed by atoms with E-state index in [1.165, 1.54) is 0 Å². The van der Waals surface area contributed by atoms with Gasteiger partial charge in [-0.25, -0.2) is 0 Å². The normalized spacial score (nSPS) is 10.5. The minimum absolute atomic E-state index is 0.0146. The number of fused-ring (bicyclic) bond motifs is 1. The molecule has 2 aromatic carbocycles. The number of halogens is 1. The molecule has 4 nitrogen and oxygen atoms in total. The number of aromatic nitrogens is 1. The van der Waals surface area contributed by atoms with Gasteiger partial charge in [0.15, 0.2) is 0 Å². The van der Waals surface area contributed by atoms with Crippen molar-refractivity contribution >= 4 is 32.7 Å². The molecule has 0 atom stereocenters. The molecule has 1 heterocycles. The van der Waals surface area contributed by atoms with Gasteiger partial charge in [0, 0.05) is 15.4 Å². The van der Waals surface area contributed by atoms with Crippen LogP contribution in [-0.4, -0.2) is 10.8 Å². The Hall–Kier alpha value is -2.40. The van der Waals surface area contributed by atoms with Crippen LogP contribution in [-0.2, 0) is 0 Å². The number of amidine groups is 1. The molecule has 3 rings (SSSR count). The van der Waals surface area contributed by atoms with Crippen LogP contribution in [0.1, 0.15) is 5.56 Å². The molecule has 0 radical (unpaired) electrons. The highest BCUT2D eigenvalue weighted by Gasteiger charge is 2.06. The van der Waals surface area contributed by atoms with Gasteiger partial charge in [-0.15, -0.1) is 0 Å². The average Bonchev–Trinajstić information content (AvgIpc) is 2.47. The van der Waals surface area contributed by atoms with E-state index < -0.39 is 0 Å². The number of hydrogen-bond donors (Lipinski definition) is 2. The monoisotopic (exact) mass is 341 g/mol. The predicted molar refractivity (Wildman–Crippen MR) is 87.0 cm³/mol. The first-order valence-electron chi connectivity index (χ1n) is 6.30. The van der Waals surface area contributed by atoms with Gasteiger partial charge in [-0.05, 0) is 46.3 Å². The van der Waals surface area contributed by atoms with Gasteiger partial charge >= 0.3 is 0 Å². The molecule has 0 bridgehead atoms. The molecule has 0 aliphatic heterocycles. The van der Waals surface area contributed by atoms with Crippen molar-refractivity contribution in [2.45, 2.75) is 0 Å². The molecule has 5 heteroatoms. The zero-order valence-corrected chi connectivity index (χ0v) is 12.6. The molecule has 0 aliphatic carbocycles. The SMILES string of the molecule is N=C(N)c1ccc(Oc2cnc3ccccc3c2)cc1Br. The third kappa shape index (κ3) is 2.87.